The Labute approximate surface area is 878 Å². The van der Waals surface area contributed by atoms with Crippen LogP contribution in [0.4, 0.5) is 17.6 Å². The van der Waals surface area contributed by atoms with Gasteiger partial charge in [0, 0.05) is 110 Å². The van der Waals surface area contributed by atoms with Gasteiger partial charge in [0.1, 0.15) is 121 Å². The molecular weight excluding hydrogens is 2020 g/mol. The molecule has 4 N–H and O–H groups in total. The predicted octanol–water partition coefficient (Wildman–Crippen LogP) is 18.5. The maximum atomic E-state index is 14.3. The Morgan fingerprint density at radius 3 is 1.03 bits per heavy atom. The van der Waals surface area contributed by atoms with Gasteiger partial charge in [-0.25, -0.2) is 66.8 Å². The first-order valence-corrected chi connectivity index (χ1v) is 48.7. The van der Waals surface area contributed by atoms with Gasteiger partial charge in [-0.2, -0.15) is 0 Å². The molecule has 17 rings (SSSR count). The molecule has 150 heavy (non-hydrogen) atoms. The smallest absolute Gasteiger partial charge is 0.338 e. The molecule has 42 heteroatoms. The van der Waals surface area contributed by atoms with Crippen LogP contribution in [-0.4, -0.2) is 123 Å². The molecule has 1 fully saturated rings. The number of rotatable bonds is 27. The largest absolute Gasteiger partial charge is 0.485 e. The fourth-order valence-electron chi connectivity index (χ4n) is 15.3. The van der Waals surface area contributed by atoms with E-state index >= 15 is 0 Å². The topological polar surface area (TPSA) is 434 Å². The van der Waals surface area contributed by atoms with Gasteiger partial charge < -0.3 is 39.4 Å². The molecule has 16 aromatic rings. The molecule has 1 saturated carbocycles. The van der Waals surface area contributed by atoms with Crippen LogP contribution < -0.4 is 46.9 Å². The second kappa shape index (κ2) is 45.6. The molecule has 1 aliphatic rings. The summed E-state index contributed by atoms with van der Waals surface area (Å²) in [5.41, 5.74) is 6.23. The number of hydrogen-bond donors (Lipinski definition) is 4. The van der Waals surface area contributed by atoms with Crippen LogP contribution in [0.5, 0.6) is 23.1 Å². The molecule has 0 unspecified atom stereocenters. The lowest BCUT2D eigenvalue weighted by molar-refractivity contribution is 0.0683. The Hall–Kier alpha value is -15.0. The zero-order valence-electron chi connectivity index (χ0n) is 85.6. The summed E-state index contributed by atoms with van der Waals surface area (Å²) in [5.74, 6) is -0.562. The molecule has 0 bridgehead atoms. The van der Waals surface area contributed by atoms with Crippen molar-refractivity contribution >= 4 is 46.4 Å². The third kappa shape index (κ3) is 25.4. The minimum Gasteiger partial charge on any atom is -0.485 e. The van der Waals surface area contributed by atoms with Gasteiger partial charge in [-0.3, -0.25) is 77.3 Å². The molecule has 1 aliphatic carbocycles. The van der Waals surface area contributed by atoms with Gasteiger partial charge >= 0.3 is 5.69 Å². The van der Waals surface area contributed by atoms with E-state index in [0.717, 1.165) is 50.6 Å². The molecule has 0 amide bonds. The molecule has 0 aromatic carbocycles. The van der Waals surface area contributed by atoms with E-state index in [1.807, 2.05) is 41.5 Å². The number of ether oxygens (including phenoxy) is 4. The van der Waals surface area contributed by atoms with E-state index in [0.29, 0.717) is 114 Å². The Balaban J connectivity index is 0.000000157. The zero-order chi connectivity index (χ0) is 109. The SMILES string of the molecule is CCc1cc(OCc2ncc(C)cc2F)c(Cl)c(=O)n1-c1cc(-c2ccnc(C(C)(C)O)n2)ncc1C.Cc1cnc(-c2ccnc(C(C)(C)O)n2)cc1-n1c(=O)c(Cl)c(OCc2ncc(F)cc2C)n(C)c1=O.Cc1cnc(COc2cc(C(C)C)n(-c3cc(-c4ccnc(C(C)(C)O)n4)ncc3C)c(=O)c2Cl)c(F)c1.Cc1cnc(COc2cc(C3CC3)n(-c3cc(-c4ccnc(C(C)(C)O)n4)ncc3C)c(=O)c2Cl)c(F)c1. The minimum absolute atomic E-state index is 0.0894. The number of nitrogens with zero attached hydrogens (tertiary/aromatic N) is 21. The average Bonchev–Trinajstić information content (AvgIpc) is 1.61. The highest BCUT2D eigenvalue weighted by molar-refractivity contribution is 6.33. The summed E-state index contributed by atoms with van der Waals surface area (Å²) >= 11 is 25.8. The van der Waals surface area contributed by atoms with E-state index in [9.17, 15) is 62.0 Å². The number of halogens is 8. The van der Waals surface area contributed by atoms with Crippen molar-refractivity contribution in [1.82, 2.24) is 103 Å². The van der Waals surface area contributed by atoms with Crippen LogP contribution in [0.25, 0.3) is 68.3 Å². The first-order valence-electron chi connectivity index (χ1n) is 47.2. The lowest BCUT2D eigenvalue weighted by Gasteiger charge is -2.21. The summed E-state index contributed by atoms with van der Waals surface area (Å²) in [6.07, 6.45) is 20.7. The molecule has 16 heterocycles. The van der Waals surface area contributed by atoms with Gasteiger partial charge in [0.2, 0.25) is 5.88 Å². The summed E-state index contributed by atoms with van der Waals surface area (Å²) < 4.78 is 85.8. The summed E-state index contributed by atoms with van der Waals surface area (Å²) in [4.78, 5) is 136. The fourth-order valence-corrected chi connectivity index (χ4v) is 16.2. The maximum Gasteiger partial charge on any atom is 0.338 e. The zero-order valence-corrected chi connectivity index (χ0v) is 88.6. The summed E-state index contributed by atoms with van der Waals surface area (Å²) in [7, 11) is 1.42. The molecule has 0 aliphatic heterocycles. The Morgan fingerprint density at radius 2 is 0.687 bits per heavy atom. The summed E-state index contributed by atoms with van der Waals surface area (Å²) in [5, 5.41) is 40.5. The third-order valence-electron chi connectivity index (χ3n) is 23.7. The van der Waals surface area contributed by atoms with Crippen molar-refractivity contribution in [2.45, 2.75) is 211 Å². The normalized spacial score (nSPS) is 12.1. The number of aromatic nitrogens is 21. The third-order valence-corrected chi connectivity index (χ3v) is 25.0. The summed E-state index contributed by atoms with van der Waals surface area (Å²) in [6, 6.07) is 24.0. The van der Waals surface area contributed by atoms with Crippen LogP contribution in [0.2, 0.25) is 20.1 Å². The van der Waals surface area contributed by atoms with E-state index in [-0.39, 0.29) is 128 Å². The van der Waals surface area contributed by atoms with Crippen molar-refractivity contribution < 1.29 is 56.9 Å². The van der Waals surface area contributed by atoms with E-state index in [1.165, 1.54) is 58.9 Å². The molecule has 0 radical (unpaired) electrons. The van der Waals surface area contributed by atoms with Crippen molar-refractivity contribution in [2.24, 2.45) is 7.05 Å². The van der Waals surface area contributed by atoms with Crippen molar-refractivity contribution in [2.75, 3.05) is 0 Å². The van der Waals surface area contributed by atoms with Gasteiger partial charge in [-0.1, -0.05) is 67.2 Å². The Morgan fingerprint density at radius 1 is 0.367 bits per heavy atom. The second-order valence-electron chi connectivity index (χ2n) is 38.2. The van der Waals surface area contributed by atoms with Crippen LogP contribution in [-0.2, 0) is 62.3 Å². The highest BCUT2D eigenvalue weighted by Gasteiger charge is 2.34. The first kappa shape index (κ1) is 111. The molecule has 16 aromatic heterocycles. The Kier molecular flexibility index (Phi) is 33.6. The minimum atomic E-state index is -1.28. The average molecular weight is 2120 g/mol. The van der Waals surface area contributed by atoms with E-state index in [4.69, 9.17) is 65.4 Å². The van der Waals surface area contributed by atoms with Gasteiger partial charge in [-0.15, -0.1) is 0 Å². The van der Waals surface area contributed by atoms with Crippen molar-refractivity contribution in [3.05, 3.63) is 368 Å². The van der Waals surface area contributed by atoms with Gasteiger partial charge in [0.25, 0.3) is 22.2 Å². The lowest BCUT2D eigenvalue weighted by atomic mass is 10.1. The fraction of sp³-hybridized carbons (Fsp3) is 0.306. The van der Waals surface area contributed by atoms with E-state index in [1.54, 1.807) is 211 Å². The quantitative estimate of drug-likeness (QED) is 0.0347. The van der Waals surface area contributed by atoms with Crippen LogP contribution >= 0.6 is 46.4 Å². The highest BCUT2D eigenvalue weighted by atomic mass is 35.5. The number of aliphatic hydroxyl groups is 4. The highest BCUT2D eigenvalue weighted by Crippen LogP contribution is 2.44. The molecule has 778 valence electrons. The molecule has 0 spiro atoms. The van der Waals surface area contributed by atoms with Gasteiger partial charge in [-0.05, 0) is 259 Å². The molecule has 34 nitrogen and oxygen atoms in total. The number of hydrogen-bond acceptors (Lipinski definition) is 29. The van der Waals surface area contributed by atoms with Crippen molar-refractivity contribution in [3.8, 4) is 91.4 Å². The number of pyridine rings is 11. The maximum absolute atomic E-state index is 14.3. The van der Waals surface area contributed by atoms with E-state index < -0.39 is 73.6 Å². The van der Waals surface area contributed by atoms with Crippen LogP contribution in [0.1, 0.15) is 209 Å². The first-order chi connectivity index (χ1) is 70.8. The van der Waals surface area contributed by atoms with Gasteiger partial charge in [0.15, 0.2) is 28.3 Å². The van der Waals surface area contributed by atoms with Gasteiger partial charge in [0.05, 0.1) is 80.2 Å². The van der Waals surface area contributed by atoms with Crippen LogP contribution in [0.3, 0.4) is 0 Å². The molecule has 0 atom stereocenters. The standard InChI is InChI=1S/C28H27ClFN5O3.C28H29ClFN5O3.C27H27ClFN5O3.C25H24ClFN6O4/c1-15-9-18(30)21(32-12-15)14-38-24-11-23(17-5-6-17)35(26(36)25(24)29)22-10-20(33-13-16(22)2)19-7-8-31-27(34-19)28(3,4)37;1-15(2)22-11-24(38-14-21-18(30)9-16(3)12-32-21)25(29)26(36)35(22)23-10-20(33-13-17(23)4)19-7-8-31-27(34-19)28(5,6)37;1-6-17-10-23(37-14-21-18(29)9-15(2)12-31-21)24(28)25(35)34(17)22-11-20(32-13-16(22)3)19-7-8-30-26(33-19)27(4,5)36;1-13-8-15(27)11-30-18(13)12-37-22-20(26)21(34)33(24(35)32(22)5)19-9-17(29-10-14(19)2)16-6-7-28-23(31-16)25(3,4)36/h7-13,17,37H,5-6,14H2,1-4H3;7-13,15,37H,14H2,1-6H3;7-13,36H,6,14H2,1-5H3;6-11,36H,12H2,1-5H3. The number of aryl methyl sites for hydroxylation is 9. The van der Waals surface area contributed by atoms with E-state index in [2.05, 4.69) is 79.7 Å². The van der Waals surface area contributed by atoms with Crippen molar-refractivity contribution in [1.29, 1.82) is 0 Å². The lowest BCUT2D eigenvalue weighted by Crippen LogP contribution is -2.39. The second-order valence-corrected chi connectivity index (χ2v) is 39.7. The van der Waals surface area contributed by atoms with Crippen LogP contribution in [0.15, 0.2) is 189 Å². The molecular formula is C108H107Cl4F4N21O13. The van der Waals surface area contributed by atoms with Crippen molar-refractivity contribution in [3.63, 3.8) is 0 Å². The van der Waals surface area contributed by atoms with Crippen LogP contribution in [0, 0.1) is 78.7 Å². The molecule has 0 saturated heterocycles. The predicted molar refractivity (Wildman–Crippen MR) is 557 cm³/mol. The monoisotopic (exact) mass is 2120 g/mol. The summed E-state index contributed by atoms with van der Waals surface area (Å²) in [6.45, 7) is 32.0. The Bertz CT molecular complexity index is 7940.